The van der Waals surface area contributed by atoms with Crippen molar-refractivity contribution < 1.29 is 15.0 Å². The normalized spacial score (nSPS) is 22.2. The van der Waals surface area contributed by atoms with Crippen LogP contribution in [0.15, 0.2) is 24.3 Å². The summed E-state index contributed by atoms with van der Waals surface area (Å²) in [6, 6.07) is 2.88. The Hall–Kier alpha value is -1.48. The Morgan fingerprint density at radius 2 is 2.00 bits per heavy atom. The second kappa shape index (κ2) is 6.31. The van der Waals surface area contributed by atoms with Crippen LogP contribution in [0.25, 0.3) is 0 Å². The number of phenols is 2. The topological polar surface area (TPSA) is 57.5 Å². The Kier molecular flexibility index (Phi) is 4.71. The van der Waals surface area contributed by atoms with Crippen molar-refractivity contribution in [2.45, 2.75) is 32.6 Å². The maximum Gasteiger partial charge on any atom is 0.158 e. The quantitative estimate of drug-likeness (QED) is 0.829. The molecule has 0 fully saturated rings. The van der Waals surface area contributed by atoms with Crippen LogP contribution >= 0.6 is 11.6 Å². The molecular weight excluding hydrogens is 276 g/mol. The molecule has 3 nitrogen and oxygen atoms in total. The summed E-state index contributed by atoms with van der Waals surface area (Å²) < 4.78 is 0. The van der Waals surface area contributed by atoms with Crippen molar-refractivity contribution in [1.29, 1.82) is 0 Å². The van der Waals surface area contributed by atoms with Gasteiger partial charge >= 0.3 is 0 Å². The number of phenolic OH excluding ortho intramolecular Hbond substituents is 2. The first-order valence-electron chi connectivity index (χ1n) is 6.92. The first kappa shape index (κ1) is 14.9. The molecule has 1 aliphatic carbocycles. The molecule has 0 heterocycles. The molecule has 4 heteroatoms. The molecule has 2 unspecified atom stereocenters. The Morgan fingerprint density at radius 1 is 1.30 bits per heavy atom. The number of carbonyl (C=O) groups is 1. The second-order valence-corrected chi connectivity index (χ2v) is 5.74. The zero-order chi connectivity index (χ0) is 14.7. The molecular formula is C16H19ClO3. The van der Waals surface area contributed by atoms with E-state index in [0.717, 1.165) is 18.4 Å². The summed E-state index contributed by atoms with van der Waals surface area (Å²) in [5.41, 5.74) is 0.821. The minimum absolute atomic E-state index is 0.147. The van der Waals surface area contributed by atoms with Crippen molar-refractivity contribution in [3.63, 3.8) is 0 Å². The van der Waals surface area contributed by atoms with Crippen LogP contribution < -0.4 is 0 Å². The smallest absolute Gasteiger partial charge is 0.158 e. The molecule has 1 aromatic carbocycles. The maximum atomic E-state index is 11.4. The monoisotopic (exact) mass is 294 g/mol. The molecule has 1 aromatic rings. The zero-order valence-electron chi connectivity index (χ0n) is 11.5. The fourth-order valence-corrected chi connectivity index (χ4v) is 3.01. The molecule has 0 radical (unpaired) electrons. The van der Waals surface area contributed by atoms with Crippen LogP contribution in [0.4, 0.5) is 0 Å². The number of hydrogen-bond acceptors (Lipinski definition) is 3. The van der Waals surface area contributed by atoms with Gasteiger partial charge in [-0.15, -0.1) is 0 Å². The number of carbonyl (C=O) groups excluding carboxylic acids is 1. The van der Waals surface area contributed by atoms with Gasteiger partial charge in [0.15, 0.2) is 17.3 Å². The van der Waals surface area contributed by atoms with E-state index in [1.54, 1.807) is 6.08 Å². The molecule has 0 aliphatic heterocycles. The van der Waals surface area contributed by atoms with E-state index in [1.807, 2.05) is 6.08 Å². The highest BCUT2D eigenvalue weighted by Crippen LogP contribution is 2.34. The van der Waals surface area contributed by atoms with Gasteiger partial charge in [-0.25, -0.2) is 0 Å². The summed E-state index contributed by atoms with van der Waals surface area (Å²) >= 11 is 6.07. The third-order valence-electron chi connectivity index (χ3n) is 4.01. The van der Waals surface area contributed by atoms with Gasteiger partial charge in [-0.2, -0.15) is 0 Å². The van der Waals surface area contributed by atoms with E-state index in [0.29, 0.717) is 29.7 Å². The summed E-state index contributed by atoms with van der Waals surface area (Å²) in [6.45, 7) is 2.10. The lowest BCUT2D eigenvalue weighted by molar-refractivity contribution is -0.116. The minimum atomic E-state index is -0.201. The predicted molar refractivity (Wildman–Crippen MR) is 79.1 cm³/mol. The molecule has 2 rings (SSSR count). The van der Waals surface area contributed by atoms with E-state index < -0.39 is 0 Å². The molecule has 1 aliphatic rings. The Bertz CT molecular complexity index is 537. The average molecular weight is 295 g/mol. The van der Waals surface area contributed by atoms with Gasteiger partial charge in [-0.05, 0) is 42.4 Å². The number of halogens is 1. The number of rotatable bonds is 4. The number of benzene rings is 1. The van der Waals surface area contributed by atoms with E-state index in [4.69, 9.17) is 11.6 Å². The van der Waals surface area contributed by atoms with Crippen molar-refractivity contribution in [2.24, 2.45) is 11.8 Å². The third-order valence-corrected chi connectivity index (χ3v) is 4.37. The van der Waals surface area contributed by atoms with Gasteiger partial charge in [-0.3, -0.25) is 4.79 Å². The Balaban J connectivity index is 2.06. The largest absolute Gasteiger partial charge is 0.504 e. The fraction of sp³-hybridized carbons (Fsp3) is 0.438. The van der Waals surface area contributed by atoms with Crippen molar-refractivity contribution in [2.75, 3.05) is 0 Å². The molecule has 0 amide bonds. The van der Waals surface area contributed by atoms with E-state index in [9.17, 15) is 15.0 Å². The molecule has 0 saturated heterocycles. The van der Waals surface area contributed by atoms with Gasteiger partial charge in [-0.1, -0.05) is 31.0 Å². The molecule has 0 aromatic heterocycles. The summed E-state index contributed by atoms with van der Waals surface area (Å²) in [4.78, 5) is 11.4. The highest BCUT2D eigenvalue weighted by atomic mass is 35.5. The van der Waals surface area contributed by atoms with Crippen molar-refractivity contribution in [3.05, 3.63) is 34.9 Å². The number of aryl methyl sites for hydroxylation is 1. The lowest BCUT2D eigenvalue weighted by atomic mass is 9.79. The first-order valence-corrected chi connectivity index (χ1v) is 7.30. The Labute approximate surface area is 123 Å². The molecule has 0 saturated carbocycles. The van der Waals surface area contributed by atoms with Gasteiger partial charge in [0.2, 0.25) is 0 Å². The van der Waals surface area contributed by atoms with Crippen LogP contribution in [0.3, 0.4) is 0 Å². The first-order chi connectivity index (χ1) is 9.51. The van der Waals surface area contributed by atoms with Crippen LogP contribution in [0.2, 0.25) is 5.02 Å². The summed E-state index contributed by atoms with van der Waals surface area (Å²) in [7, 11) is 0. The van der Waals surface area contributed by atoms with E-state index >= 15 is 0 Å². The number of hydrogen-bond donors (Lipinski definition) is 2. The lowest BCUT2D eigenvalue weighted by Gasteiger charge is -2.26. The van der Waals surface area contributed by atoms with Crippen LogP contribution in [-0.4, -0.2) is 16.0 Å². The van der Waals surface area contributed by atoms with Gasteiger partial charge in [0.25, 0.3) is 0 Å². The maximum absolute atomic E-state index is 11.4. The predicted octanol–water partition coefficient (Wildman–Crippen LogP) is 3.86. The fourth-order valence-electron chi connectivity index (χ4n) is 2.75. The molecule has 20 heavy (non-hydrogen) atoms. The number of ketones is 1. The van der Waals surface area contributed by atoms with Crippen LogP contribution in [0.5, 0.6) is 11.5 Å². The summed E-state index contributed by atoms with van der Waals surface area (Å²) in [5.74, 6) is 0.606. The minimum Gasteiger partial charge on any atom is -0.504 e. The summed E-state index contributed by atoms with van der Waals surface area (Å²) in [5, 5.41) is 19.4. The zero-order valence-corrected chi connectivity index (χ0v) is 12.2. The van der Waals surface area contributed by atoms with Gasteiger partial charge in [0.1, 0.15) is 0 Å². The van der Waals surface area contributed by atoms with Crippen LogP contribution in [-0.2, 0) is 11.2 Å². The van der Waals surface area contributed by atoms with Gasteiger partial charge < -0.3 is 10.2 Å². The molecule has 2 N–H and O–H groups in total. The van der Waals surface area contributed by atoms with E-state index in [2.05, 4.69) is 6.92 Å². The van der Waals surface area contributed by atoms with Crippen LogP contribution in [0.1, 0.15) is 31.7 Å². The van der Waals surface area contributed by atoms with Crippen molar-refractivity contribution in [1.82, 2.24) is 0 Å². The van der Waals surface area contributed by atoms with E-state index in [1.165, 1.54) is 12.1 Å². The number of aromatic hydroxyl groups is 2. The van der Waals surface area contributed by atoms with Crippen LogP contribution in [0, 0.1) is 11.8 Å². The van der Waals surface area contributed by atoms with Crippen molar-refractivity contribution in [3.8, 4) is 11.5 Å². The molecule has 0 bridgehead atoms. The number of allylic oxidation sites excluding steroid dienone is 2. The third kappa shape index (κ3) is 3.34. The highest BCUT2D eigenvalue weighted by molar-refractivity contribution is 6.31. The SMILES string of the molecule is CCC1CC(=O)C=CC1CCc1cc(O)c(O)cc1Cl. The van der Waals surface area contributed by atoms with Gasteiger partial charge in [0.05, 0.1) is 0 Å². The standard InChI is InChI=1S/C16H19ClO3/c1-2-10-7-13(18)6-5-11(10)3-4-12-8-15(19)16(20)9-14(12)17/h5-6,8-11,19-20H,2-4,7H2,1H3. The Morgan fingerprint density at radius 3 is 2.70 bits per heavy atom. The molecule has 108 valence electrons. The molecule has 0 spiro atoms. The van der Waals surface area contributed by atoms with Crippen molar-refractivity contribution >= 4 is 17.4 Å². The van der Waals surface area contributed by atoms with E-state index in [-0.39, 0.29) is 17.3 Å². The summed E-state index contributed by atoms with van der Waals surface area (Å²) in [6.07, 6.45) is 6.86. The average Bonchev–Trinajstić information content (AvgIpc) is 2.42. The lowest BCUT2D eigenvalue weighted by Crippen LogP contribution is -2.20. The van der Waals surface area contributed by atoms with Gasteiger partial charge in [0, 0.05) is 17.5 Å². The molecule has 2 atom stereocenters. The second-order valence-electron chi connectivity index (χ2n) is 5.33. The highest BCUT2D eigenvalue weighted by Gasteiger charge is 2.24.